The molecule has 4 aromatic rings. The van der Waals surface area contributed by atoms with Gasteiger partial charge in [0.2, 0.25) is 0 Å². The van der Waals surface area contributed by atoms with Crippen LogP contribution < -0.4 is 4.74 Å². The van der Waals surface area contributed by atoms with Crippen LogP contribution in [0.15, 0.2) is 66.7 Å². The van der Waals surface area contributed by atoms with Crippen molar-refractivity contribution in [1.29, 1.82) is 0 Å². The van der Waals surface area contributed by atoms with Crippen LogP contribution in [-0.4, -0.2) is 27.3 Å². The first kappa shape index (κ1) is 24.9. The van der Waals surface area contributed by atoms with Crippen LogP contribution in [0, 0.1) is 11.6 Å². The van der Waals surface area contributed by atoms with Gasteiger partial charge >= 0.3 is 12.1 Å². The number of nitrogens with zero attached hydrogens (tertiary/aromatic N) is 1. The summed E-state index contributed by atoms with van der Waals surface area (Å²) in [6, 6.07) is 17.7. The number of carboxylic acids is 1. The zero-order valence-corrected chi connectivity index (χ0v) is 20.0. The van der Waals surface area contributed by atoms with Crippen molar-refractivity contribution in [2.24, 2.45) is 0 Å². The van der Waals surface area contributed by atoms with Crippen molar-refractivity contribution in [3.05, 3.63) is 89.6 Å². The molecule has 1 aromatic heterocycles. The quantitative estimate of drug-likeness (QED) is 0.328. The van der Waals surface area contributed by atoms with Gasteiger partial charge in [-0.25, -0.2) is 18.1 Å². The molecule has 0 amide bonds. The number of aliphatic carboxylic acids is 1. The monoisotopic (exact) mass is 493 g/mol. The Morgan fingerprint density at radius 2 is 1.53 bits per heavy atom. The lowest BCUT2D eigenvalue weighted by atomic mass is 10.0. The molecule has 0 atom stereocenters. The van der Waals surface area contributed by atoms with Crippen molar-refractivity contribution in [3.8, 4) is 16.9 Å². The maximum absolute atomic E-state index is 14.4. The molecule has 1 heterocycles. The van der Waals surface area contributed by atoms with Crippen LogP contribution in [0.3, 0.4) is 0 Å². The highest BCUT2D eigenvalue weighted by Gasteiger charge is 2.24. The summed E-state index contributed by atoms with van der Waals surface area (Å²) in [4.78, 5) is 23.7. The van der Waals surface area contributed by atoms with Gasteiger partial charge in [-0.3, -0.25) is 4.79 Å². The molecule has 1 N–H and O–H groups in total. The Morgan fingerprint density at radius 1 is 0.917 bits per heavy atom. The Kier molecular flexibility index (Phi) is 6.79. The fourth-order valence-corrected chi connectivity index (χ4v) is 3.80. The lowest BCUT2D eigenvalue weighted by Crippen LogP contribution is -2.28. The Bertz CT molecular complexity index is 1420. The Hall–Kier alpha value is -4.20. The maximum atomic E-state index is 14.4. The molecular formula is C28H25F2NO5. The van der Waals surface area contributed by atoms with Gasteiger partial charge in [0.05, 0.1) is 17.6 Å². The summed E-state index contributed by atoms with van der Waals surface area (Å²) in [6.45, 7) is 5.03. The Morgan fingerprint density at radius 3 is 2.11 bits per heavy atom. The predicted octanol–water partition coefficient (Wildman–Crippen LogP) is 6.58. The van der Waals surface area contributed by atoms with Crippen LogP contribution in [-0.2, 0) is 22.6 Å². The first-order valence-electron chi connectivity index (χ1n) is 11.3. The summed E-state index contributed by atoms with van der Waals surface area (Å²) in [5.74, 6) is -1.97. The third-order valence-corrected chi connectivity index (χ3v) is 5.37. The summed E-state index contributed by atoms with van der Waals surface area (Å²) in [5, 5.41) is 8.99. The first-order valence-corrected chi connectivity index (χ1v) is 11.3. The van der Waals surface area contributed by atoms with E-state index in [1.807, 2.05) is 24.3 Å². The van der Waals surface area contributed by atoms with E-state index in [0.29, 0.717) is 17.0 Å². The van der Waals surface area contributed by atoms with Crippen molar-refractivity contribution < 1.29 is 33.0 Å². The molecule has 3 aromatic carbocycles. The van der Waals surface area contributed by atoms with E-state index in [4.69, 9.17) is 14.6 Å². The van der Waals surface area contributed by atoms with Gasteiger partial charge < -0.3 is 14.6 Å². The number of hydrogen-bond acceptors (Lipinski definition) is 4. The van der Waals surface area contributed by atoms with Gasteiger partial charge in [0.1, 0.15) is 29.6 Å². The van der Waals surface area contributed by atoms with Crippen LogP contribution in [0.5, 0.6) is 5.75 Å². The summed E-state index contributed by atoms with van der Waals surface area (Å²) < 4.78 is 40.8. The van der Waals surface area contributed by atoms with Crippen LogP contribution in [0.4, 0.5) is 13.6 Å². The molecular weight excluding hydrogens is 468 g/mol. The van der Waals surface area contributed by atoms with Gasteiger partial charge in [-0.15, -0.1) is 0 Å². The highest BCUT2D eigenvalue weighted by Crippen LogP contribution is 2.28. The fourth-order valence-electron chi connectivity index (χ4n) is 3.80. The molecule has 0 unspecified atom stereocenters. The molecule has 0 saturated carbocycles. The third-order valence-electron chi connectivity index (χ3n) is 5.37. The maximum Gasteiger partial charge on any atom is 0.419 e. The molecule has 6 nitrogen and oxygen atoms in total. The number of fused-ring (bicyclic) bond motifs is 1. The van der Waals surface area contributed by atoms with E-state index in [-0.39, 0.29) is 23.9 Å². The highest BCUT2D eigenvalue weighted by molar-refractivity contribution is 5.91. The zero-order valence-electron chi connectivity index (χ0n) is 20.0. The van der Waals surface area contributed by atoms with Gasteiger partial charge in [-0.1, -0.05) is 36.4 Å². The molecule has 36 heavy (non-hydrogen) atoms. The van der Waals surface area contributed by atoms with Crippen molar-refractivity contribution >= 4 is 23.0 Å². The highest BCUT2D eigenvalue weighted by atomic mass is 19.1. The predicted molar refractivity (Wildman–Crippen MR) is 131 cm³/mol. The van der Waals surface area contributed by atoms with Crippen LogP contribution in [0.2, 0.25) is 0 Å². The van der Waals surface area contributed by atoms with E-state index >= 15 is 0 Å². The molecule has 0 spiro atoms. The number of halogens is 2. The average molecular weight is 494 g/mol. The van der Waals surface area contributed by atoms with E-state index in [2.05, 4.69) is 0 Å². The largest absolute Gasteiger partial charge is 0.487 e. The molecule has 0 fully saturated rings. The zero-order chi connectivity index (χ0) is 26.0. The number of carbonyl (C=O) groups excluding carboxylic acids is 1. The average Bonchev–Trinajstić information content (AvgIpc) is 3.16. The second-order valence-electron chi connectivity index (χ2n) is 9.35. The van der Waals surface area contributed by atoms with E-state index in [1.165, 1.54) is 6.07 Å². The van der Waals surface area contributed by atoms with E-state index in [9.17, 15) is 18.4 Å². The van der Waals surface area contributed by atoms with E-state index < -0.39 is 29.3 Å². The number of rotatable bonds is 6. The Labute approximate surface area is 206 Å². The number of ether oxygens (including phenoxy) is 2. The van der Waals surface area contributed by atoms with E-state index in [0.717, 1.165) is 27.8 Å². The van der Waals surface area contributed by atoms with Gasteiger partial charge in [0, 0.05) is 11.5 Å². The van der Waals surface area contributed by atoms with Crippen molar-refractivity contribution in [2.45, 2.75) is 39.4 Å². The molecule has 0 aliphatic heterocycles. The molecule has 0 radical (unpaired) electrons. The standard InChI is InChI=1S/C28H25F2NO5/c1-28(2,3)36-27(34)31-21(15-23-24(30)13-20(29)14-25(23)31)16-35-22-10-8-19(9-11-22)18-6-4-17(5-7-18)12-26(32)33/h4-11,13-15H,12,16H2,1-3H3,(H,32,33). The minimum atomic E-state index is -0.886. The molecule has 0 aliphatic carbocycles. The topological polar surface area (TPSA) is 77.8 Å². The van der Waals surface area contributed by atoms with Crippen molar-refractivity contribution in [1.82, 2.24) is 4.57 Å². The van der Waals surface area contributed by atoms with E-state index in [1.54, 1.807) is 45.0 Å². The molecule has 8 heteroatoms. The SMILES string of the molecule is CC(C)(C)OC(=O)n1c(COc2ccc(-c3ccc(CC(=O)O)cc3)cc2)cc2c(F)cc(F)cc21. The Balaban J connectivity index is 1.56. The van der Waals surface area contributed by atoms with Gasteiger partial charge in [-0.05, 0) is 61.7 Å². The number of hydrogen-bond donors (Lipinski definition) is 1. The smallest absolute Gasteiger partial charge is 0.419 e. The number of carbonyl (C=O) groups is 2. The first-order chi connectivity index (χ1) is 17.0. The number of carboxylic acid groups (broad SMARTS) is 1. The molecule has 186 valence electrons. The number of benzene rings is 3. The van der Waals surface area contributed by atoms with Crippen LogP contribution in [0.25, 0.3) is 22.0 Å². The van der Waals surface area contributed by atoms with Crippen molar-refractivity contribution in [3.63, 3.8) is 0 Å². The van der Waals surface area contributed by atoms with Crippen molar-refractivity contribution in [2.75, 3.05) is 0 Å². The minimum Gasteiger partial charge on any atom is -0.487 e. The van der Waals surface area contributed by atoms with Gasteiger partial charge in [-0.2, -0.15) is 0 Å². The lowest BCUT2D eigenvalue weighted by molar-refractivity contribution is -0.136. The summed E-state index contributed by atoms with van der Waals surface area (Å²) in [7, 11) is 0. The van der Waals surface area contributed by atoms with Crippen LogP contribution in [0.1, 0.15) is 32.0 Å². The summed E-state index contributed by atoms with van der Waals surface area (Å²) >= 11 is 0. The lowest BCUT2D eigenvalue weighted by Gasteiger charge is -2.21. The normalized spacial score (nSPS) is 11.5. The summed E-state index contributed by atoms with van der Waals surface area (Å²) in [5.41, 5.74) is 2.09. The summed E-state index contributed by atoms with van der Waals surface area (Å²) in [6.07, 6.45) is -0.799. The molecule has 4 rings (SSSR count). The third kappa shape index (κ3) is 5.71. The van der Waals surface area contributed by atoms with Gasteiger partial charge in [0.25, 0.3) is 0 Å². The molecule has 0 bridgehead atoms. The van der Waals surface area contributed by atoms with Gasteiger partial charge in [0.15, 0.2) is 0 Å². The van der Waals surface area contributed by atoms with Crippen LogP contribution >= 0.6 is 0 Å². The minimum absolute atomic E-state index is 0.0381. The second kappa shape index (κ2) is 9.81. The number of aromatic nitrogens is 1. The molecule has 0 saturated heterocycles. The molecule has 0 aliphatic rings. The fraction of sp³-hybridized carbons (Fsp3) is 0.214. The second-order valence-corrected chi connectivity index (χ2v) is 9.35.